The van der Waals surface area contributed by atoms with Gasteiger partial charge in [-0.2, -0.15) is 0 Å². The zero-order chi connectivity index (χ0) is 16.0. The number of nitrogens with one attached hydrogen (secondary N) is 1. The molecule has 4 heteroatoms. The van der Waals surface area contributed by atoms with Gasteiger partial charge in [0.25, 0.3) is 0 Å². The lowest BCUT2D eigenvalue weighted by Gasteiger charge is -2.26. The van der Waals surface area contributed by atoms with Crippen LogP contribution < -0.4 is 5.32 Å². The molecule has 2 N–H and O–H groups in total. The van der Waals surface area contributed by atoms with Crippen molar-refractivity contribution in [1.82, 2.24) is 5.32 Å². The molecule has 116 valence electrons. The van der Waals surface area contributed by atoms with Gasteiger partial charge < -0.3 is 10.4 Å². The Hall–Kier alpha value is -1.68. The standard InChI is InChI=1S/C17H24FNO2/c1-12(14-6-5-7-15(18)9-14)8-16(21)19-11-17(3,4)10-13(2)20/h5-9,13,20H,10-11H2,1-4H3,(H,19,21). The monoisotopic (exact) mass is 293 g/mol. The first-order chi connectivity index (χ1) is 9.69. The van der Waals surface area contributed by atoms with E-state index in [-0.39, 0.29) is 17.1 Å². The highest BCUT2D eigenvalue weighted by Crippen LogP contribution is 2.21. The van der Waals surface area contributed by atoms with Crippen LogP contribution in [0.2, 0.25) is 0 Å². The second kappa shape index (κ2) is 7.36. The van der Waals surface area contributed by atoms with Crippen molar-refractivity contribution in [3.8, 4) is 0 Å². The smallest absolute Gasteiger partial charge is 0.244 e. The second-order valence-electron chi connectivity index (χ2n) is 6.27. The number of allylic oxidation sites excluding steroid dienone is 1. The van der Waals surface area contributed by atoms with Gasteiger partial charge in [-0.15, -0.1) is 0 Å². The first-order valence-electron chi connectivity index (χ1n) is 7.10. The molecular weight excluding hydrogens is 269 g/mol. The van der Waals surface area contributed by atoms with Gasteiger partial charge in [0.1, 0.15) is 5.82 Å². The molecule has 0 spiro atoms. The summed E-state index contributed by atoms with van der Waals surface area (Å²) in [6, 6.07) is 6.15. The highest BCUT2D eigenvalue weighted by molar-refractivity contribution is 5.94. The number of hydrogen-bond donors (Lipinski definition) is 2. The van der Waals surface area contributed by atoms with Crippen molar-refractivity contribution >= 4 is 11.5 Å². The summed E-state index contributed by atoms with van der Waals surface area (Å²) in [5, 5.41) is 12.2. The lowest BCUT2D eigenvalue weighted by atomic mass is 9.87. The molecule has 0 fully saturated rings. The molecular formula is C17H24FNO2. The molecule has 0 bridgehead atoms. The van der Waals surface area contributed by atoms with Gasteiger partial charge in [0.05, 0.1) is 6.10 Å². The Balaban J connectivity index is 2.62. The van der Waals surface area contributed by atoms with Crippen LogP contribution in [0.3, 0.4) is 0 Å². The maximum Gasteiger partial charge on any atom is 0.244 e. The third-order valence-corrected chi connectivity index (χ3v) is 3.22. The lowest BCUT2D eigenvalue weighted by Crippen LogP contribution is -2.35. The average Bonchev–Trinajstić information content (AvgIpc) is 2.35. The fourth-order valence-corrected chi connectivity index (χ4v) is 2.26. The predicted molar refractivity (Wildman–Crippen MR) is 83.1 cm³/mol. The Bertz CT molecular complexity index is 521. The molecule has 3 nitrogen and oxygen atoms in total. The van der Waals surface area contributed by atoms with Gasteiger partial charge in [-0.1, -0.05) is 26.0 Å². The summed E-state index contributed by atoms with van der Waals surface area (Å²) in [4.78, 5) is 11.9. The van der Waals surface area contributed by atoms with E-state index in [1.54, 1.807) is 26.0 Å². The van der Waals surface area contributed by atoms with Gasteiger partial charge in [-0.05, 0) is 49.0 Å². The molecule has 0 aliphatic carbocycles. The molecule has 1 aromatic carbocycles. The Morgan fingerprint density at radius 1 is 1.48 bits per heavy atom. The molecule has 1 rings (SSSR count). The van der Waals surface area contributed by atoms with E-state index in [0.29, 0.717) is 24.1 Å². The van der Waals surface area contributed by atoms with E-state index in [9.17, 15) is 14.3 Å². The molecule has 0 aliphatic heterocycles. The third kappa shape index (κ3) is 6.54. The molecule has 0 saturated carbocycles. The SMILES string of the molecule is CC(=CC(=O)NCC(C)(C)CC(C)O)c1cccc(F)c1. The Labute approximate surface area is 125 Å². The molecule has 1 aromatic rings. The number of aliphatic hydroxyl groups excluding tert-OH is 1. The van der Waals surface area contributed by atoms with E-state index in [0.717, 1.165) is 0 Å². The van der Waals surface area contributed by atoms with E-state index < -0.39 is 6.10 Å². The third-order valence-electron chi connectivity index (χ3n) is 3.22. The first-order valence-corrected chi connectivity index (χ1v) is 7.10. The number of aliphatic hydroxyl groups is 1. The number of benzene rings is 1. The number of amides is 1. The van der Waals surface area contributed by atoms with Crippen molar-refractivity contribution in [3.63, 3.8) is 0 Å². The van der Waals surface area contributed by atoms with Crippen LogP contribution >= 0.6 is 0 Å². The van der Waals surface area contributed by atoms with Crippen molar-refractivity contribution in [2.45, 2.75) is 40.2 Å². The minimum Gasteiger partial charge on any atom is -0.393 e. The van der Waals surface area contributed by atoms with Crippen LogP contribution in [-0.2, 0) is 4.79 Å². The van der Waals surface area contributed by atoms with E-state index >= 15 is 0 Å². The normalized spacial score (nSPS) is 13.9. The largest absolute Gasteiger partial charge is 0.393 e. The zero-order valence-electron chi connectivity index (χ0n) is 13.1. The summed E-state index contributed by atoms with van der Waals surface area (Å²) >= 11 is 0. The Morgan fingerprint density at radius 3 is 2.71 bits per heavy atom. The number of carbonyl (C=O) groups is 1. The van der Waals surface area contributed by atoms with Crippen molar-refractivity contribution in [2.75, 3.05) is 6.54 Å². The van der Waals surface area contributed by atoms with Crippen LogP contribution in [0.5, 0.6) is 0 Å². The predicted octanol–water partition coefficient (Wildman–Crippen LogP) is 3.14. The topological polar surface area (TPSA) is 49.3 Å². The quantitative estimate of drug-likeness (QED) is 0.792. The summed E-state index contributed by atoms with van der Waals surface area (Å²) in [6.45, 7) is 7.96. The van der Waals surface area contributed by atoms with Crippen molar-refractivity contribution < 1.29 is 14.3 Å². The second-order valence-corrected chi connectivity index (χ2v) is 6.27. The Morgan fingerprint density at radius 2 is 2.14 bits per heavy atom. The maximum absolute atomic E-state index is 13.1. The highest BCUT2D eigenvalue weighted by atomic mass is 19.1. The lowest BCUT2D eigenvalue weighted by molar-refractivity contribution is -0.117. The van der Waals surface area contributed by atoms with Crippen molar-refractivity contribution in [2.24, 2.45) is 5.41 Å². The molecule has 21 heavy (non-hydrogen) atoms. The summed E-state index contributed by atoms with van der Waals surface area (Å²) in [7, 11) is 0. The van der Waals surface area contributed by atoms with Crippen LogP contribution in [0.1, 0.15) is 39.7 Å². The Kier molecular flexibility index (Phi) is 6.09. The average molecular weight is 293 g/mol. The fraction of sp³-hybridized carbons (Fsp3) is 0.471. The molecule has 1 amide bonds. The van der Waals surface area contributed by atoms with Crippen molar-refractivity contribution in [1.29, 1.82) is 0 Å². The minimum absolute atomic E-state index is 0.176. The van der Waals surface area contributed by atoms with Crippen molar-refractivity contribution in [3.05, 3.63) is 41.7 Å². The first kappa shape index (κ1) is 17.4. The molecule has 0 aliphatic rings. The number of hydrogen-bond acceptors (Lipinski definition) is 2. The van der Waals surface area contributed by atoms with E-state index in [2.05, 4.69) is 5.32 Å². The van der Waals surface area contributed by atoms with Gasteiger partial charge in [0.15, 0.2) is 0 Å². The molecule has 0 aromatic heterocycles. The van der Waals surface area contributed by atoms with Gasteiger partial charge >= 0.3 is 0 Å². The van der Waals surface area contributed by atoms with Crippen LogP contribution in [0.25, 0.3) is 5.57 Å². The van der Waals surface area contributed by atoms with Crippen LogP contribution in [-0.4, -0.2) is 23.7 Å². The molecule has 0 saturated heterocycles. The molecule has 0 radical (unpaired) electrons. The van der Waals surface area contributed by atoms with Gasteiger partial charge in [0.2, 0.25) is 5.91 Å². The summed E-state index contributed by atoms with van der Waals surface area (Å²) < 4.78 is 13.1. The highest BCUT2D eigenvalue weighted by Gasteiger charge is 2.20. The number of halogens is 1. The summed E-state index contributed by atoms with van der Waals surface area (Å²) in [6.07, 6.45) is 1.68. The van der Waals surface area contributed by atoms with Gasteiger partial charge in [-0.25, -0.2) is 4.39 Å². The van der Waals surface area contributed by atoms with E-state index in [1.807, 2.05) is 13.8 Å². The maximum atomic E-state index is 13.1. The molecule has 1 unspecified atom stereocenters. The fourth-order valence-electron chi connectivity index (χ4n) is 2.26. The number of carbonyl (C=O) groups excluding carboxylic acids is 1. The minimum atomic E-state index is -0.401. The van der Waals surface area contributed by atoms with Gasteiger partial charge in [0, 0.05) is 12.6 Å². The van der Waals surface area contributed by atoms with Crippen LogP contribution in [0.4, 0.5) is 4.39 Å². The summed E-state index contributed by atoms with van der Waals surface area (Å²) in [5.74, 6) is -0.533. The van der Waals surface area contributed by atoms with E-state index in [1.165, 1.54) is 18.2 Å². The van der Waals surface area contributed by atoms with Gasteiger partial charge in [-0.3, -0.25) is 4.79 Å². The zero-order valence-corrected chi connectivity index (χ0v) is 13.1. The van der Waals surface area contributed by atoms with Crippen LogP contribution in [0.15, 0.2) is 30.3 Å². The molecule has 1 atom stereocenters. The van der Waals surface area contributed by atoms with Crippen LogP contribution in [0, 0.1) is 11.2 Å². The summed E-state index contributed by atoms with van der Waals surface area (Å²) in [5.41, 5.74) is 1.22. The van der Waals surface area contributed by atoms with E-state index in [4.69, 9.17) is 0 Å². The molecule has 0 heterocycles. The number of rotatable bonds is 6.